The van der Waals surface area contributed by atoms with E-state index in [-0.39, 0.29) is 23.5 Å². The van der Waals surface area contributed by atoms with Crippen molar-refractivity contribution in [3.05, 3.63) is 58.5 Å². The molecule has 5 heteroatoms. The normalized spacial score (nSPS) is 19.3. The van der Waals surface area contributed by atoms with Crippen LogP contribution < -0.4 is 5.32 Å². The Morgan fingerprint density at radius 1 is 1.32 bits per heavy atom. The molecule has 0 fully saturated rings. The quantitative estimate of drug-likeness (QED) is 0.875. The van der Waals surface area contributed by atoms with Gasteiger partial charge < -0.3 is 14.8 Å². The Balaban J connectivity index is 1.78. The molecule has 25 heavy (non-hydrogen) atoms. The summed E-state index contributed by atoms with van der Waals surface area (Å²) in [5.74, 6) is -1.08. The Morgan fingerprint density at radius 2 is 2.08 bits per heavy atom. The van der Waals surface area contributed by atoms with Gasteiger partial charge in [-0.2, -0.15) is 0 Å². The number of hydrogen-bond donors (Lipinski definition) is 2. The third-order valence-electron chi connectivity index (χ3n) is 5.07. The molecule has 2 aromatic rings. The second kappa shape index (κ2) is 6.75. The van der Waals surface area contributed by atoms with Crippen LogP contribution in [0.15, 0.2) is 34.9 Å². The molecule has 0 saturated carbocycles. The summed E-state index contributed by atoms with van der Waals surface area (Å²) in [4.78, 5) is 23.6. The Hall–Kier alpha value is -2.56. The number of carboxylic acid groups (broad SMARTS) is 1. The van der Waals surface area contributed by atoms with E-state index in [9.17, 15) is 9.59 Å². The highest BCUT2D eigenvalue weighted by molar-refractivity contribution is 5.97. The van der Waals surface area contributed by atoms with E-state index in [1.807, 2.05) is 6.07 Å². The molecule has 1 amide bonds. The van der Waals surface area contributed by atoms with Crippen molar-refractivity contribution < 1.29 is 19.1 Å². The van der Waals surface area contributed by atoms with Gasteiger partial charge in [-0.1, -0.05) is 31.2 Å². The van der Waals surface area contributed by atoms with Crippen LogP contribution in [0.1, 0.15) is 52.6 Å². The summed E-state index contributed by atoms with van der Waals surface area (Å²) in [6, 6.07) is 8.38. The number of fused-ring (bicyclic) bond motifs is 1. The average Bonchev–Trinajstić information content (AvgIpc) is 2.93. The minimum absolute atomic E-state index is 0.116. The van der Waals surface area contributed by atoms with Crippen molar-refractivity contribution in [2.24, 2.45) is 0 Å². The van der Waals surface area contributed by atoms with Gasteiger partial charge in [0.05, 0.1) is 11.8 Å². The standard InChI is InChI=1S/C20H23NO4/c1-13-11-25-16(10-17(22)23)18(13)19(24)21-12-20(2)9-5-7-14-6-3-4-8-15(14)20/h3-4,6,8,11H,5,7,9-10,12H2,1-2H3,(H,21,24)(H,22,23). The molecule has 1 aromatic heterocycles. The largest absolute Gasteiger partial charge is 0.481 e. The third kappa shape index (κ3) is 3.45. The van der Waals surface area contributed by atoms with Gasteiger partial charge in [-0.05, 0) is 37.3 Å². The van der Waals surface area contributed by atoms with Gasteiger partial charge in [-0.15, -0.1) is 0 Å². The summed E-state index contributed by atoms with van der Waals surface area (Å²) in [6.45, 7) is 4.44. The molecule has 3 rings (SSSR count). The number of furan rings is 1. The van der Waals surface area contributed by atoms with Gasteiger partial charge in [-0.25, -0.2) is 0 Å². The first-order valence-corrected chi connectivity index (χ1v) is 8.56. The van der Waals surface area contributed by atoms with E-state index < -0.39 is 5.97 Å². The zero-order chi connectivity index (χ0) is 18.0. The number of carboxylic acids is 1. The predicted octanol–water partition coefficient (Wildman–Crippen LogP) is 3.24. The number of carbonyl (C=O) groups is 2. The summed E-state index contributed by atoms with van der Waals surface area (Å²) < 4.78 is 5.26. The lowest BCUT2D eigenvalue weighted by Crippen LogP contribution is -2.41. The zero-order valence-electron chi connectivity index (χ0n) is 14.6. The highest BCUT2D eigenvalue weighted by Crippen LogP contribution is 2.36. The number of aliphatic carboxylic acids is 1. The number of benzene rings is 1. The first kappa shape index (κ1) is 17.3. The molecule has 1 heterocycles. The Kier molecular flexibility index (Phi) is 4.66. The lowest BCUT2D eigenvalue weighted by Gasteiger charge is -2.36. The van der Waals surface area contributed by atoms with Crippen LogP contribution in [0.4, 0.5) is 0 Å². The number of aryl methyl sites for hydroxylation is 2. The first-order valence-electron chi connectivity index (χ1n) is 8.56. The van der Waals surface area contributed by atoms with Crippen LogP contribution in [0.5, 0.6) is 0 Å². The summed E-state index contributed by atoms with van der Waals surface area (Å²) in [6.07, 6.45) is 4.32. The fourth-order valence-electron chi connectivity index (χ4n) is 3.75. The SMILES string of the molecule is Cc1coc(CC(=O)O)c1C(=O)NCC1(C)CCCc2ccccc21. The number of rotatable bonds is 5. The second-order valence-corrected chi connectivity index (χ2v) is 7.04. The van der Waals surface area contributed by atoms with Crippen LogP contribution in [-0.4, -0.2) is 23.5 Å². The minimum atomic E-state index is -1.02. The lowest BCUT2D eigenvalue weighted by atomic mass is 9.71. The highest BCUT2D eigenvalue weighted by Gasteiger charge is 2.32. The highest BCUT2D eigenvalue weighted by atomic mass is 16.4. The van der Waals surface area contributed by atoms with Gasteiger partial charge >= 0.3 is 5.97 Å². The maximum absolute atomic E-state index is 12.7. The maximum atomic E-state index is 12.7. The van der Waals surface area contributed by atoms with Crippen LogP contribution in [0.3, 0.4) is 0 Å². The average molecular weight is 341 g/mol. The summed E-state index contributed by atoms with van der Waals surface area (Å²) in [7, 11) is 0. The van der Waals surface area contributed by atoms with E-state index in [0.717, 1.165) is 19.3 Å². The number of amides is 1. The topological polar surface area (TPSA) is 79.5 Å². The van der Waals surface area contributed by atoms with Gasteiger partial charge in [-0.3, -0.25) is 9.59 Å². The number of carbonyl (C=O) groups excluding carboxylic acids is 1. The molecule has 1 aliphatic carbocycles. The van der Waals surface area contributed by atoms with E-state index in [1.165, 1.54) is 17.4 Å². The zero-order valence-corrected chi connectivity index (χ0v) is 14.6. The van der Waals surface area contributed by atoms with E-state index in [2.05, 4.69) is 30.4 Å². The van der Waals surface area contributed by atoms with Crippen LogP contribution in [0.25, 0.3) is 0 Å². The monoisotopic (exact) mass is 341 g/mol. The van der Waals surface area contributed by atoms with Crippen molar-refractivity contribution in [3.8, 4) is 0 Å². The Labute approximate surface area is 147 Å². The molecule has 0 radical (unpaired) electrons. The molecule has 5 nitrogen and oxygen atoms in total. The molecule has 2 N–H and O–H groups in total. The van der Waals surface area contributed by atoms with Crippen LogP contribution >= 0.6 is 0 Å². The van der Waals surface area contributed by atoms with E-state index in [4.69, 9.17) is 9.52 Å². The van der Waals surface area contributed by atoms with E-state index >= 15 is 0 Å². The van der Waals surface area contributed by atoms with Gasteiger partial charge in [0.25, 0.3) is 5.91 Å². The fourth-order valence-corrected chi connectivity index (χ4v) is 3.75. The molecular formula is C20H23NO4. The first-order chi connectivity index (χ1) is 11.9. The molecule has 0 saturated heterocycles. The maximum Gasteiger partial charge on any atom is 0.311 e. The van der Waals surface area contributed by atoms with Gasteiger partial charge in [0.15, 0.2) is 0 Å². The molecule has 1 aromatic carbocycles. The number of nitrogens with one attached hydrogen (secondary N) is 1. The second-order valence-electron chi connectivity index (χ2n) is 7.04. The predicted molar refractivity (Wildman–Crippen MR) is 93.9 cm³/mol. The van der Waals surface area contributed by atoms with Crippen molar-refractivity contribution in [1.29, 1.82) is 0 Å². The molecule has 0 spiro atoms. The Morgan fingerprint density at radius 3 is 2.84 bits per heavy atom. The van der Waals surface area contributed by atoms with Gasteiger partial charge in [0.1, 0.15) is 12.2 Å². The lowest BCUT2D eigenvalue weighted by molar-refractivity contribution is -0.136. The Bertz CT molecular complexity index is 808. The molecule has 132 valence electrons. The van der Waals surface area contributed by atoms with Gasteiger partial charge in [0.2, 0.25) is 0 Å². The molecular weight excluding hydrogens is 318 g/mol. The minimum Gasteiger partial charge on any atom is -0.481 e. The van der Waals surface area contributed by atoms with Crippen LogP contribution in [-0.2, 0) is 23.1 Å². The van der Waals surface area contributed by atoms with Gasteiger partial charge in [0, 0.05) is 17.5 Å². The van der Waals surface area contributed by atoms with Crippen molar-refractivity contribution in [2.75, 3.05) is 6.54 Å². The molecule has 0 bridgehead atoms. The van der Waals surface area contributed by atoms with Crippen molar-refractivity contribution in [2.45, 2.75) is 44.9 Å². The van der Waals surface area contributed by atoms with Crippen molar-refractivity contribution in [3.63, 3.8) is 0 Å². The van der Waals surface area contributed by atoms with Crippen LogP contribution in [0.2, 0.25) is 0 Å². The molecule has 1 aliphatic rings. The van der Waals surface area contributed by atoms with Crippen molar-refractivity contribution in [1.82, 2.24) is 5.32 Å². The molecule has 1 unspecified atom stereocenters. The molecule has 0 aliphatic heterocycles. The summed E-state index contributed by atoms with van der Waals surface area (Å²) >= 11 is 0. The smallest absolute Gasteiger partial charge is 0.311 e. The third-order valence-corrected chi connectivity index (χ3v) is 5.07. The number of hydrogen-bond acceptors (Lipinski definition) is 3. The van der Waals surface area contributed by atoms with Crippen LogP contribution in [0, 0.1) is 6.92 Å². The van der Waals surface area contributed by atoms with E-state index in [0.29, 0.717) is 17.7 Å². The fraction of sp³-hybridized carbons (Fsp3) is 0.400. The summed E-state index contributed by atoms with van der Waals surface area (Å²) in [5.41, 5.74) is 3.51. The van der Waals surface area contributed by atoms with Crippen molar-refractivity contribution >= 4 is 11.9 Å². The molecule has 1 atom stereocenters. The summed E-state index contributed by atoms with van der Waals surface area (Å²) in [5, 5.41) is 12.0. The van der Waals surface area contributed by atoms with E-state index in [1.54, 1.807) is 6.92 Å².